The third-order valence-electron chi connectivity index (χ3n) is 4.04. The number of carbonyl (C=O) groups excluding carboxylic acids is 2. The molecule has 0 radical (unpaired) electrons. The van der Waals surface area contributed by atoms with Crippen molar-refractivity contribution in [3.8, 4) is 0 Å². The standard InChI is InChI=1S/C20H24BrN3O2/c1-24(2)18(15-6-4-3-5-7-15)14-23-19(25)12-13-22-20(26)16-8-10-17(21)11-9-16/h3-11,18H,12-14H2,1-2H3,(H,22,26)(H,23,25). The Morgan fingerprint density at radius 3 is 2.27 bits per heavy atom. The highest BCUT2D eigenvalue weighted by Crippen LogP contribution is 2.16. The van der Waals surface area contributed by atoms with Gasteiger partial charge in [0.1, 0.15) is 0 Å². The first-order valence-electron chi connectivity index (χ1n) is 8.49. The van der Waals surface area contributed by atoms with Gasteiger partial charge in [0, 0.05) is 29.5 Å². The second kappa shape index (κ2) is 10.1. The number of benzene rings is 2. The molecular weight excluding hydrogens is 394 g/mol. The Labute approximate surface area is 162 Å². The summed E-state index contributed by atoms with van der Waals surface area (Å²) in [6.45, 7) is 0.829. The lowest BCUT2D eigenvalue weighted by atomic mass is 10.1. The lowest BCUT2D eigenvalue weighted by Crippen LogP contribution is -2.36. The van der Waals surface area contributed by atoms with Crippen LogP contribution in [0.25, 0.3) is 0 Å². The lowest BCUT2D eigenvalue weighted by Gasteiger charge is -2.25. The first kappa shape index (κ1) is 20.1. The van der Waals surface area contributed by atoms with E-state index in [4.69, 9.17) is 0 Å². The van der Waals surface area contributed by atoms with E-state index < -0.39 is 0 Å². The van der Waals surface area contributed by atoms with Crippen molar-refractivity contribution in [1.82, 2.24) is 15.5 Å². The van der Waals surface area contributed by atoms with Gasteiger partial charge in [-0.2, -0.15) is 0 Å². The molecule has 0 bridgehead atoms. The number of halogens is 1. The summed E-state index contributed by atoms with van der Waals surface area (Å²) in [7, 11) is 3.98. The SMILES string of the molecule is CN(C)C(CNC(=O)CCNC(=O)c1ccc(Br)cc1)c1ccccc1. The predicted octanol–water partition coefficient (Wildman–Crippen LogP) is 2.99. The number of hydrogen-bond donors (Lipinski definition) is 2. The average molecular weight is 418 g/mol. The van der Waals surface area contributed by atoms with Crippen LogP contribution >= 0.6 is 15.9 Å². The number of nitrogens with zero attached hydrogens (tertiary/aromatic N) is 1. The van der Waals surface area contributed by atoms with Crippen molar-refractivity contribution in [3.63, 3.8) is 0 Å². The van der Waals surface area contributed by atoms with Crippen molar-refractivity contribution < 1.29 is 9.59 Å². The molecule has 0 aliphatic carbocycles. The minimum absolute atomic E-state index is 0.0797. The molecule has 138 valence electrons. The van der Waals surface area contributed by atoms with Crippen LogP contribution in [0.5, 0.6) is 0 Å². The highest BCUT2D eigenvalue weighted by atomic mass is 79.9. The molecule has 2 N–H and O–H groups in total. The van der Waals surface area contributed by atoms with Crippen LogP contribution in [0.1, 0.15) is 28.4 Å². The van der Waals surface area contributed by atoms with Gasteiger partial charge in [0.15, 0.2) is 0 Å². The Morgan fingerprint density at radius 1 is 1.00 bits per heavy atom. The number of hydrogen-bond acceptors (Lipinski definition) is 3. The zero-order chi connectivity index (χ0) is 18.9. The van der Waals surface area contributed by atoms with Gasteiger partial charge in [0.25, 0.3) is 5.91 Å². The molecule has 0 aliphatic heterocycles. The van der Waals surface area contributed by atoms with Crippen LogP contribution in [-0.2, 0) is 4.79 Å². The summed E-state index contributed by atoms with van der Waals surface area (Å²) in [5.74, 6) is -0.260. The Morgan fingerprint density at radius 2 is 1.65 bits per heavy atom. The summed E-state index contributed by atoms with van der Waals surface area (Å²) in [5, 5.41) is 5.71. The van der Waals surface area contributed by atoms with Gasteiger partial charge in [-0.25, -0.2) is 0 Å². The molecule has 0 spiro atoms. The highest BCUT2D eigenvalue weighted by Gasteiger charge is 2.15. The molecule has 2 aromatic carbocycles. The summed E-state index contributed by atoms with van der Waals surface area (Å²) < 4.78 is 0.919. The van der Waals surface area contributed by atoms with Crippen molar-refractivity contribution in [3.05, 3.63) is 70.2 Å². The lowest BCUT2D eigenvalue weighted by molar-refractivity contribution is -0.121. The van der Waals surface area contributed by atoms with Gasteiger partial charge < -0.3 is 15.5 Å². The van der Waals surface area contributed by atoms with Crippen molar-refractivity contribution in [2.24, 2.45) is 0 Å². The van der Waals surface area contributed by atoms with E-state index in [0.717, 1.165) is 10.0 Å². The number of rotatable bonds is 8. The topological polar surface area (TPSA) is 61.4 Å². The fraction of sp³-hybridized carbons (Fsp3) is 0.300. The fourth-order valence-electron chi connectivity index (χ4n) is 2.57. The van der Waals surface area contributed by atoms with Gasteiger partial charge >= 0.3 is 0 Å². The normalized spacial score (nSPS) is 11.8. The van der Waals surface area contributed by atoms with E-state index in [2.05, 4.69) is 43.6 Å². The summed E-state index contributed by atoms with van der Waals surface area (Å²) >= 11 is 3.33. The van der Waals surface area contributed by atoms with Crippen LogP contribution in [0, 0.1) is 0 Å². The molecule has 1 unspecified atom stereocenters. The molecule has 6 heteroatoms. The largest absolute Gasteiger partial charge is 0.354 e. The third kappa shape index (κ3) is 6.28. The van der Waals surface area contributed by atoms with Crippen molar-refractivity contribution in [2.45, 2.75) is 12.5 Å². The van der Waals surface area contributed by atoms with E-state index in [1.807, 2.05) is 44.4 Å². The van der Waals surface area contributed by atoms with Crippen molar-refractivity contribution in [2.75, 3.05) is 27.2 Å². The van der Waals surface area contributed by atoms with E-state index in [0.29, 0.717) is 18.7 Å². The van der Waals surface area contributed by atoms with Gasteiger partial charge in [-0.05, 0) is 43.9 Å². The van der Waals surface area contributed by atoms with Gasteiger partial charge in [-0.3, -0.25) is 9.59 Å². The number of carbonyl (C=O) groups is 2. The molecule has 0 saturated heterocycles. The highest BCUT2D eigenvalue weighted by molar-refractivity contribution is 9.10. The second-order valence-corrected chi connectivity index (χ2v) is 7.12. The van der Waals surface area contributed by atoms with E-state index in [1.54, 1.807) is 12.1 Å². The van der Waals surface area contributed by atoms with Crippen LogP contribution < -0.4 is 10.6 Å². The Kier molecular flexibility index (Phi) is 7.81. The minimum Gasteiger partial charge on any atom is -0.354 e. The van der Waals surface area contributed by atoms with E-state index in [1.165, 1.54) is 0 Å². The zero-order valence-corrected chi connectivity index (χ0v) is 16.6. The fourth-order valence-corrected chi connectivity index (χ4v) is 2.83. The molecule has 0 fully saturated rings. The van der Waals surface area contributed by atoms with Gasteiger partial charge in [-0.15, -0.1) is 0 Å². The maximum absolute atomic E-state index is 12.1. The van der Waals surface area contributed by atoms with Crippen LogP contribution in [0.3, 0.4) is 0 Å². The van der Waals surface area contributed by atoms with E-state index in [9.17, 15) is 9.59 Å². The molecule has 26 heavy (non-hydrogen) atoms. The molecule has 2 aromatic rings. The third-order valence-corrected chi connectivity index (χ3v) is 4.57. The maximum atomic E-state index is 12.1. The molecule has 2 amide bonds. The van der Waals surface area contributed by atoms with Crippen molar-refractivity contribution >= 4 is 27.7 Å². The number of likely N-dealkylation sites (N-methyl/N-ethyl adjacent to an activating group) is 1. The van der Waals surface area contributed by atoms with Crippen LogP contribution in [0.15, 0.2) is 59.1 Å². The molecule has 0 aliphatic rings. The summed E-state index contributed by atoms with van der Waals surface area (Å²) in [5.41, 5.74) is 1.73. The molecule has 0 saturated carbocycles. The number of amides is 2. The maximum Gasteiger partial charge on any atom is 0.251 e. The van der Waals surface area contributed by atoms with Crippen LogP contribution in [-0.4, -0.2) is 43.9 Å². The molecular formula is C20H24BrN3O2. The zero-order valence-electron chi connectivity index (χ0n) is 15.0. The van der Waals surface area contributed by atoms with Crippen molar-refractivity contribution in [1.29, 1.82) is 0 Å². The van der Waals surface area contributed by atoms with E-state index >= 15 is 0 Å². The first-order valence-corrected chi connectivity index (χ1v) is 9.28. The number of nitrogens with one attached hydrogen (secondary N) is 2. The molecule has 0 heterocycles. The van der Waals surface area contributed by atoms with Crippen LogP contribution in [0.4, 0.5) is 0 Å². The van der Waals surface area contributed by atoms with Gasteiger partial charge in [-0.1, -0.05) is 46.3 Å². The minimum atomic E-state index is -0.180. The second-order valence-electron chi connectivity index (χ2n) is 6.21. The Bertz CT molecular complexity index is 718. The van der Waals surface area contributed by atoms with Gasteiger partial charge in [0.05, 0.1) is 6.04 Å². The summed E-state index contributed by atoms with van der Waals surface area (Å²) in [4.78, 5) is 26.2. The first-order chi connectivity index (χ1) is 12.5. The van der Waals surface area contributed by atoms with Gasteiger partial charge in [0.2, 0.25) is 5.91 Å². The molecule has 1 atom stereocenters. The smallest absolute Gasteiger partial charge is 0.251 e. The quantitative estimate of drug-likeness (QED) is 0.693. The average Bonchev–Trinajstić information content (AvgIpc) is 2.63. The summed E-state index contributed by atoms with van der Waals surface area (Å²) in [6.07, 6.45) is 0.247. The van der Waals surface area contributed by atoms with Crippen LogP contribution in [0.2, 0.25) is 0 Å². The molecule has 2 rings (SSSR count). The van der Waals surface area contributed by atoms with E-state index in [-0.39, 0.29) is 24.3 Å². The predicted molar refractivity (Wildman–Crippen MR) is 107 cm³/mol. The monoisotopic (exact) mass is 417 g/mol. The Balaban J connectivity index is 1.76. The molecule has 0 aromatic heterocycles. The summed E-state index contributed by atoms with van der Waals surface area (Å²) in [6, 6.07) is 17.3. The molecule has 5 nitrogen and oxygen atoms in total. The Hall–Kier alpha value is -2.18.